The van der Waals surface area contributed by atoms with E-state index in [0.717, 1.165) is 10.9 Å². The predicted molar refractivity (Wildman–Crippen MR) is 68.5 cm³/mol. The number of rotatable bonds is 3. The molecule has 0 aliphatic heterocycles. The van der Waals surface area contributed by atoms with E-state index < -0.39 is 0 Å². The maximum absolute atomic E-state index is 12.1. The van der Waals surface area contributed by atoms with Crippen molar-refractivity contribution in [2.24, 2.45) is 0 Å². The van der Waals surface area contributed by atoms with Crippen molar-refractivity contribution in [3.63, 3.8) is 0 Å². The molecule has 0 radical (unpaired) electrons. The molecule has 3 aromatic rings. The topological polar surface area (TPSA) is 83.8 Å². The fourth-order valence-corrected chi connectivity index (χ4v) is 1.95. The van der Waals surface area contributed by atoms with Crippen LogP contribution in [0.4, 0.5) is 0 Å². The number of carbonyl (C=O) groups excluding carboxylic acids is 1. The molecule has 2 aromatic heterocycles. The van der Waals surface area contributed by atoms with E-state index in [1.165, 1.54) is 6.33 Å². The number of hydrogen-bond donors (Lipinski definition) is 2. The van der Waals surface area contributed by atoms with Crippen molar-refractivity contribution in [1.29, 1.82) is 0 Å². The second-order valence-electron chi connectivity index (χ2n) is 4.17. The molecule has 6 heteroatoms. The Morgan fingerprint density at radius 3 is 3.00 bits per heavy atom. The third-order valence-corrected chi connectivity index (χ3v) is 2.93. The number of nitrogens with zero attached hydrogens (tertiary/aromatic N) is 2. The summed E-state index contributed by atoms with van der Waals surface area (Å²) in [5.41, 5.74) is 1.55. The predicted octanol–water partition coefficient (Wildman–Crippen LogP) is 1.79. The molecule has 1 aromatic carbocycles. The van der Waals surface area contributed by atoms with E-state index in [9.17, 15) is 4.79 Å². The normalized spacial score (nSPS) is 10.8. The van der Waals surface area contributed by atoms with Gasteiger partial charge in [0.2, 0.25) is 0 Å². The lowest BCUT2D eigenvalue weighted by molar-refractivity contribution is 0.0923. The van der Waals surface area contributed by atoms with Crippen LogP contribution in [0.2, 0.25) is 0 Å². The molecular weight excluding hydrogens is 244 g/mol. The van der Waals surface area contributed by atoms with Crippen LogP contribution >= 0.6 is 0 Å². The number of carbonyl (C=O) groups is 1. The summed E-state index contributed by atoms with van der Waals surface area (Å²) in [6, 6.07) is 7.57. The summed E-state index contributed by atoms with van der Waals surface area (Å²) < 4.78 is 5.57. The SMILES string of the molecule is Cc1c(C(=O)NCc2ncn[nH]2)oc2ccccc12. The van der Waals surface area contributed by atoms with Gasteiger partial charge in [-0.25, -0.2) is 4.98 Å². The molecule has 0 aliphatic rings. The molecule has 0 aliphatic carbocycles. The Morgan fingerprint density at radius 1 is 1.42 bits per heavy atom. The van der Waals surface area contributed by atoms with Gasteiger partial charge < -0.3 is 9.73 Å². The first-order valence-electron chi connectivity index (χ1n) is 5.86. The van der Waals surface area contributed by atoms with Crippen molar-refractivity contribution >= 4 is 16.9 Å². The lowest BCUT2D eigenvalue weighted by atomic mass is 10.1. The number of furan rings is 1. The first kappa shape index (κ1) is 11.5. The Kier molecular flexibility index (Phi) is 2.75. The van der Waals surface area contributed by atoms with Crippen LogP contribution in [0.15, 0.2) is 35.0 Å². The molecule has 0 saturated heterocycles. The highest BCUT2D eigenvalue weighted by atomic mass is 16.3. The zero-order valence-corrected chi connectivity index (χ0v) is 10.3. The van der Waals surface area contributed by atoms with E-state index in [1.807, 2.05) is 31.2 Å². The summed E-state index contributed by atoms with van der Waals surface area (Å²) in [7, 11) is 0. The Morgan fingerprint density at radius 2 is 2.26 bits per heavy atom. The first-order valence-corrected chi connectivity index (χ1v) is 5.86. The molecule has 1 amide bonds. The number of fused-ring (bicyclic) bond motifs is 1. The quantitative estimate of drug-likeness (QED) is 0.748. The van der Waals surface area contributed by atoms with Crippen LogP contribution in [0.1, 0.15) is 21.9 Å². The minimum atomic E-state index is -0.259. The highest BCUT2D eigenvalue weighted by molar-refractivity contribution is 5.98. The van der Waals surface area contributed by atoms with Crippen molar-refractivity contribution in [3.8, 4) is 0 Å². The van der Waals surface area contributed by atoms with Gasteiger partial charge >= 0.3 is 0 Å². The molecule has 0 unspecified atom stereocenters. The Labute approximate surface area is 108 Å². The van der Waals surface area contributed by atoms with Crippen molar-refractivity contribution < 1.29 is 9.21 Å². The molecule has 0 fully saturated rings. The largest absolute Gasteiger partial charge is 0.451 e. The van der Waals surface area contributed by atoms with Gasteiger partial charge in [-0.2, -0.15) is 5.10 Å². The molecule has 3 rings (SSSR count). The van der Waals surface area contributed by atoms with Crippen LogP contribution in [-0.2, 0) is 6.54 Å². The van der Waals surface area contributed by atoms with Gasteiger partial charge in [-0.15, -0.1) is 0 Å². The maximum atomic E-state index is 12.1. The average Bonchev–Trinajstić information content (AvgIpc) is 3.05. The van der Waals surface area contributed by atoms with Crippen LogP contribution in [0.3, 0.4) is 0 Å². The van der Waals surface area contributed by atoms with Crippen molar-refractivity contribution in [2.45, 2.75) is 13.5 Å². The highest BCUT2D eigenvalue weighted by Crippen LogP contribution is 2.24. The molecule has 6 nitrogen and oxygen atoms in total. The van der Waals surface area contributed by atoms with E-state index in [4.69, 9.17) is 4.42 Å². The number of aromatic amines is 1. The van der Waals surface area contributed by atoms with Gasteiger partial charge in [0.15, 0.2) is 5.76 Å². The number of benzene rings is 1. The summed E-state index contributed by atoms with van der Waals surface area (Å²) in [6.07, 6.45) is 1.40. The number of H-pyrrole nitrogens is 1. The lowest BCUT2D eigenvalue weighted by Gasteiger charge is -2.00. The summed E-state index contributed by atoms with van der Waals surface area (Å²) in [5.74, 6) is 0.674. The number of aryl methyl sites for hydroxylation is 1. The van der Waals surface area contributed by atoms with E-state index in [2.05, 4.69) is 20.5 Å². The Balaban J connectivity index is 1.83. The number of nitrogens with one attached hydrogen (secondary N) is 2. The minimum Gasteiger partial charge on any atom is -0.451 e. The number of para-hydroxylation sites is 1. The highest BCUT2D eigenvalue weighted by Gasteiger charge is 2.17. The molecule has 0 spiro atoms. The molecule has 0 bridgehead atoms. The molecular formula is C13H12N4O2. The summed E-state index contributed by atoms with van der Waals surface area (Å²) in [6.45, 7) is 2.16. The molecule has 0 saturated carbocycles. The second-order valence-corrected chi connectivity index (χ2v) is 4.17. The second kappa shape index (κ2) is 4.56. The maximum Gasteiger partial charge on any atom is 0.287 e. The van der Waals surface area contributed by atoms with Gasteiger partial charge in [0.05, 0.1) is 6.54 Å². The van der Waals surface area contributed by atoms with Crippen LogP contribution in [0.5, 0.6) is 0 Å². The monoisotopic (exact) mass is 256 g/mol. The molecule has 19 heavy (non-hydrogen) atoms. The van der Waals surface area contributed by atoms with Crippen LogP contribution in [0, 0.1) is 6.92 Å². The van der Waals surface area contributed by atoms with E-state index >= 15 is 0 Å². The van der Waals surface area contributed by atoms with Gasteiger partial charge in [-0.1, -0.05) is 18.2 Å². The van der Waals surface area contributed by atoms with Gasteiger partial charge in [-0.3, -0.25) is 9.89 Å². The van der Waals surface area contributed by atoms with E-state index in [0.29, 0.717) is 17.2 Å². The summed E-state index contributed by atoms with van der Waals surface area (Å²) in [5, 5.41) is 10.1. The third kappa shape index (κ3) is 2.08. The molecule has 0 atom stereocenters. The lowest BCUT2D eigenvalue weighted by Crippen LogP contribution is -2.23. The fraction of sp³-hybridized carbons (Fsp3) is 0.154. The number of aromatic nitrogens is 3. The third-order valence-electron chi connectivity index (χ3n) is 2.93. The summed E-state index contributed by atoms with van der Waals surface area (Å²) >= 11 is 0. The van der Waals surface area contributed by atoms with Crippen LogP contribution in [0.25, 0.3) is 11.0 Å². The average molecular weight is 256 g/mol. The molecule has 2 heterocycles. The standard InChI is InChI=1S/C13H12N4O2/c1-8-9-4-2-3-5-10(9)19-12(8)13(18)14-6-11-15-7-16-17-11/h2-5,7H,6H2,1H3,(H,14,18)(H,15,16,17). The zero-order valence-electron chi connectivity index (χ0n) is 10.3. The number of amides is 1. The van der Waals surface area contributed by atoms with Crippen molar-refractivity contribution in [2.75, 3.05) is 0 Å². The Hall–Kier alpha value is -2.63. The Bertz CT molecular complexity index is 715. The van der Waals surface area contributed by atoms with E-state index in [-0.39, 0.29) is 12.5 Å². The zero-order chi connectivity index (χ0) is 13.2. The smallest absolute Gasteiger partial charge is 0.287 e. The van der Waals surface area contributed by atoms with Crippen molar-refractivity contribution in [3.05, 3.63) is 47.7 Å². The fourth-order valence-electron chi connectivity index (χ4n) is 1.95. The van der Waals surface area contributed by atoms with Gasteiger partial charge in [-0.05, 0) is 13.0 Å². The van der Waals surface area contributed by atoms with Gasteiger partial charge in [0, 0.05) is 10.9 Å². The summed E-state index contributed by atoms with van der Waals surface area (Å²) in [4.78, 5) is 16.0. The van der Waals surface area contributed by atoms with Crippen molar-refractivity contribution in [1.82, 2.24) is 20.5 Å². The molecule has 2 N–H and O–H groups in total. The minimum absolute atomic E-state index is 0.259. The molecule has 96 valence electrons. The van der Waals surface area contributed by atoms with Crippen LogP contribution in [-0.4, -0.2) is 21.1 Å². The van der Waals surface area contributed by atoms with E-state index in [1.54, 1.807) is 0 Å². The van der Waals surface area contributed by atoms with Crippen LogP contribution < -0.4 is 5.32 Å². The first-order chi connectivity index (χ1) is 9.25. The van der Waals surface area contributed by atoms with Gasteiger partial charge in [0.1, 0.15) is 17.7 Å². The number of hydrogen-bond acceptors (Lipinski definition) is 4. The van der Waals surface area contributed by atoms with Gasteiger partial charge in [0.25, 0.3) is 5.91 Å².